The van der Waals surface area contributed by atoms with Crippen LogP contribution in [0.1, 0.15) is 22.8 Å². The third kappa shape index (κ3) is 4.47. The molecule has 9 heteroatoms. The van der Waals surface area contributed by atoms with Crippen LogP contribution in [0, 0.1) is 10.1 Å². The second kappa shape index (κ2) is 8.47. The molecule has 2 aromatic rings. The predicted molar refractivity (Wildman–Crippen MR) is 94.0 cm³/mol. The van der Waals surface area contributed by atoms with Crippen LogP contribution in [0.3, 0.4) is 0 Å². The zero-order chi connectivity index (χ0) is 19.1. The number of phenols is 1. The zero-order valence-electron chi connectivity index (χ0n) is 14.1. The van der Waals surface area contributed by atoms with Gasteiger partial charge < -0.3 is 14.6 Å². The number of aromatic hydroxyl groups is 1. The number of ether oxygens (including phenoxy) is 2. The molecule has 9 nitrogen and oxygen atoms in total. The molecule has 2 rings (SSSR count). The summed E-state index contributed by atoms with van der Waals surface area (Å²) in [7, 11) is 1.34. The summed E-state index contributed by atoms with van der Waals surface area (Å²) in [5.74, 6) is -0.244. The number of hydrazone groups is 1. The van der Waals surface area contributed by atoms with Gasteiger partial charge in [-0.3, -0.25) is 14.9 Å². The Balaban J connectivity index is 2.13. The Morgan fingerprint density at radius 1 is 1.31 bits per heavy atom. The highest BCUT2D eigenvalue weighted by Gasteiger charge is 2.18. The quantitative estimate of drug-likeness (QED) is 0.445. The lowest BCUT2D eigenvalue weighted by Crippen LogP contribution is -2.17. The van der Waals surface area contributed by atoms with Crippen LogP contribution in [0.5, 0.6) is 17.2 Å². The van der Waals surface area contributed by atoms with Gasteiger partial charge in [-0.15, -0.1) is 0 Å². The molecule has 0 radical (unpaired) electrons. The first kappa shape index (κ1) is 18.7. The van der Waals surface area contributed by atoms with Gasteiger partial charge in [-0.25, -0.2) is 5.43 Å². The molecule has 0 aliphatic carbocycles. The van der Waals surface area contributed by atoms with Crippen molar-refractivity contribution in [3.63, 3.8) is 0 Å². The first-order valence-electron chi connectivity index (χ1n) is 7.58. The van der Waals surface area contributed by atoms with Gasteiger partial charge in [-0.1, -0.05) is 0 Å². The van der Waals surface area contributed by atoms with Crippen molar-refractivity contribution in [1.82, 2.24) is 5.43 Å². The number of carbonyl (C=O) groups excluding carboxylic acids is 1. The van der Waals surface area contributed by atoms with Crippen LogP contribution in [0.2, 0.25) is 0 Å². The molecule has 26 heavy (non-hydrogen) atoms. The number of rotatable bonds is 7. The third-order valence-corrected chi connectivity index (χ3v) is 3.32. The summed E-state index contributed by atoms with van der Waals surface area (Å²) in [5, 5.41) is 24.6. The highest BCUT2D eigenvalue weighted by Crippen LogP contribution is 2.33. The number of hydrogen-bond donors (Lipinski definition) is 2. The number of methoxy groups -OCH3 is 1. The van der Waals surface area contributed by atoms with Crippen molar-refractivity contribution in [2.75, 3.05) is 13.7 Å². The molecule has 0 spiro atoms. The monoisotopic (exact) mass is 359 g/mol. The first-order chi connectivity index (χ1) is 12.5. The minimum absolute atomic E-state index is 0.0306. The predicted octanol–water partition coefficient (Wildman–Crippen LogP) is 2.47. The second-order valence-electron chi connectivity index (χ2n) is 5.00. The molecule has 0 aliphatic heterocycles. The van der Waals surface area contributed by atoms with Gasteiger partial charge in [0.2, 0.25) is 5.75 Å². The average Bonchev–Trinajstić information content (AvgIpc) is 2.63. The van der Waals surface area contributed by atoms with E-state index in [0.29, 0.717) is 17.9 Å². The lowest BCUT2D eigenvalue weighted by atomic mass is 10.1. The van der Waals surface area contributed by atoms with Gasteiger partial charge in [0.15, 0.2) is 0 Å². The highest BCUT2D eigenvalue weighted by molar-refractivity contribution is 5.95. The van der Waals surface area contributed by atoms with E-state index in [2.05, 4.69) is 10.5 Å². The number of nitro benzene ring substituents is 1. The van der Waals surface area contributed by atoms with Crippen molar-refractivity contribution in [3.8, 4) is 17.2 Å². The molecule has 0 bridgehead atoms. The summed E-state index contributed by atoms with van der Waals surface area (Å²) in [4.78, 5) is 22.2. The SMILES string of the molecule is CCOc1ccc(C(=O)N/N=C\c2cc(OC)cc([N+](=O)[O-])c2O)cc1. The Bertz CT molecular complexity index is 833. The number of phenolic OH excluding ortho intramolecular Hbond substituents is 1. The van der Waals surface area contributed by atoms with E-state index in [0.717, 1.165) is 12.3 Å². The molecule has 0 saturated carbocycles. The van der Waals surface area contributed by atoms with Crippen molar-refractivity contribution in [2.45, 2.75) is 6.92 Å². The number of hydrogen-bond acceptors (Lipinski definition) is 7. The van der Waals surface area contributed by atoms with Gasteiger partial charge in [0.1, 0.15) is 11.5 Å². The molecule has 0 aliphatic rings. The topological polar surface area (TPSA) is 123 Å². The molecule has 136 valence electrons. The Kier molecular flexibility index (Phi) is 6.10. The summed E-state index contributed by atoms with van der Waals surface area (Å²) < 4.78 is 10.2. The fourth-order valence-corrected chi connectivity index (χ4v) is 2.06. The number of nitro groups is 1. The Morgan fingerprint density at radius 2 is 2.00 bits per heavy atom. The number of nitrogens with one attached hydrogen (secondary N) is 1. The van der Waals surface area contributed by atoms with Crippen molar-refractivity contribution >= 4 is 17.8 Å². The smallest absolute Gasteiger partial charge is 0.315 e. The lowest BCUT2D eigenvalue weighted by Gasteiger charge is -2.05. The maximum atomic E-state index is 12.0. The molecule has 0 unspecified atom stereocenters. The van der Waals surface area contributed by atoms with Gasteiger partial charge in [0.25, 0.3) is 5.91 Å². The lowest BCUT2D eigenvalue weighted by molar-refractivity contribution is -0.385. The highest BCUT2D eigenvalue weighted by atomic mass is 16.6. The van der Waals surface area contributed by atoms with Gasteiger partial charge in [0.05, 0.1) is 30.9 Å². The molecule has 2 N–H and O–H groups in total. The van der Waals surface area contributed by atoms with Crippen LogP contribution in [0.25, 0.3) is 0 Å². The minimum Gasteiger partial charge on any atom is -0.502 e. The van der Waals surface area contributed by atoms with Crippen LogP contribution in [0.4, 0.5) is 5.69 Å². The van der Waals surface area contributed by atoms with Crippen molar-refractivity contribution in [1.29, 1.82) is 0 Å². The Labute approximate surface area is 149 Å². The van der Waals surface area contributed by atoms with E-state index in [4.69, 9.17) is 9.47 Å². The molecular weight excluding hydrogens is 342 g/mol. The molecular formula is C17H17N3O6. The van der Waals surface area contributed by atoms with E-state index in [9.17, 15) is 20.0 Å². The van der Waals surface area contributed by atoms with E-state index < -0.39 is 22.3 Å². The number of benzene rings is 2. The van der Waals surface area contributed by atoms with Crippen LogP contribution >= 0.6 is 0 Å². The zero-order valence-corrected chi connectivity index (χ0v) is 14.1. The molecule has 0 saturated heterocycles. The van der Waals surface area contributed by atoms with E-state index in [1.165, 1.54) is 13.2 Å². The fraction of sp³-hybridized carbons (Fsp3) is 0.176. The molecule has 0 fully saturated rings. The molecule has 2 aromatic carbocycles. The average molecular weight is 359 g/mol. The summed E-state index contributed by atoms with van der Waals surface area (Å²) in [5.41, 5.74) is 2.14. The minimum atomic E-state index is -0.742. The van der Waals surface area contributed by atoms with E-state index in [-0.39, 0.29) is 11.3 Å². The molecule has 0 heterocycles. The van der Waals surface area contributed by atoms with Crippen LogP contribution in [-0.4, -0.2) is 35.9 Å². The Morgan fingerprint density at radius 3 is 2.58 bits per heavy atom. The Hall–Kier alpha value is -3.62. The molecule has 0 atom stereocenters. The fourth-order valence-electron chi connectivity index (χ4n) is 2.06. The van der Waals surface area contributed by atoms with Crippen LogP contribution in [0.15, 0.2) is 41.5 Å². The normalized spacial score (nSPS) is 10.5. The third-order valence-electron chi connectivity index (χ3n) is 3.32. The van der Waals surface area contributed by atoms with Gasteiger partial charge >= 0.3 is 5.69 Å². The largest absolute Gasteiger partial charge is 0.502 e. The maximum absolute atomic E-state index is 12.0. The van der Waals surface area contributed by atoms with Crippen LogP contribution in [-0.2, 0) is 0 Å². The summed E-state index contributed by atoms with van der Waals surface area (Å²) in [6, 6.07) is 8.90. The number of amides is 1. The second-order valence-corrected chi connectivity index (χ2v) is 5.00. The summed E-state index contributed by atoms with van der Waals surface area (Å²) in [6.45, 7) is 2.37. The standard InChI is InChI=1S/C17H17N3O6/c1-3-26-13-6-4-11(5-7-13)17(22)19-18-10-12-8-14(25-2)9-15(16(12)21)20(23)24/h4-10,21H,3H2,1-2H3,(H,19,22)/b18-10-. The van der Waals surface area contributed by atoms with E-state index in [1.807, 2.05) is 6.92 Å². The van der Waals surface area contributed by atoms with Crippen molar-refractivity contribution < 1.29 is 24.3 Å². The molecule has 0 aromatic heterocycles. The van der Waals surface area contributed by atoms with Crippen LogP contribution < -0.4 is 14.9 Å². The number of nitrogens with zero attached hydrogens (tertiary/aromatic N) is 2. The van der Waals surface area contributed by atoms with E-state index in [1.54, 1.807) is 24.3 Å². The summed E-state index contributed by atoms with van der Waals surface area (Å²) in [6.07, 6.45) is 1.09. The van der Waals surface area contributed by atoms with Crippen molar-refractivity contribution in [2.24, 2.45) is 5.10 Å². The van der Waals surface area contributed by atoms with Gasteiger partial charge in [0, 0.05) is 11.1 Å². The molecule has 1 amide bonds. The first-order valence-corrected chi connectivity index (χ1v) is 7.58. The summed E-state index contributed by atoms with van der Waals surface area (Å²) >= 11 is 0. The van der Waals surface area contributed by atoms with Crippen molar-refractivity contribution in [3.05, 3.63) is 57.6 Å². The number of carbonyl (C=O) groups is 1. The maximum Gasteiger partial charge on any atom is 0.315 e. The van der Waals surface area contributed by atoms with E-state index >= 15 is 0 Å². The van der Waals surface area contributed by atoms with Gasteiger partial charge in [-0.2, -0.15) is 5.10 Å². The van der Waals surface area contributed by atoms with Gasteiger partial charge in [-0.05, 0) is 37.3 Å².